The molecule has 0 radical (unpaired) electrons. The lowest BCUT2D eigenvalue weighted by molar-refractivity contribution is -0.125. The third kappa shape index (κ3) is 7.33. The Bertz CT molecular complexity index is 298. The fraction of sp³-hybridized carbons (Fsp3) is 0.889. The zero-order chi connectivity index (χ0) is 12.1. The van der Waals surface area contributed by atoms with Crippen molar-refractivity contribution in [2.75, 3.05) is 12.3 Å². The number of nitrogens with two attached hydrogens (primary N) is 1. The number of rotatable bonds is 6. The summed E-state index contributed by atoms with van der Waals surface area (Å²) in [4.78, 5) is 11.4. The molecule has 0 aromatic heterocycles. The van der Waals surface area contributed by atoms with Crippen LogP contribution in [0.1, 0.15) is 27.2 Å². The third-order valence-electron chi connectivity index (χ3n) is 2.32. The Morgan fingerprint density at radius 1 is 1.33 bits per heavy atom. The molecule has 1 atom stereocenters. The van der Waals surface area contributed by atoms with Crippen molar-refractivity contribution in [1.29, 1.82) is 0 Å². The molecule has 0 aliphatic rings. The van der Waals surface area contributed by atoms with Crippen LogP contribution >= 0.6 is 0 Å². The van der Waals surface area contributed by atoms with Crippen molar-refractivity contribution in [3.8, 4) is 0 Å². The van der Waals surface area contributed by atoms with Crippen LogP contribution in [-0.2, 0) is 14.8 Å². The molecular weight excluding hydrogens is 216 g/mol. The summed E-state index contributed by atoms with van der Waals surface area (Å²) in [5.41, 5.74) is 0. The van der Waals surface area contributed by atoms with E-state index in [1.807, 2.05) is 20.8 Å². The maximum Gasteiger partial charge on any atom is 0.223 e. The highest BCUT2D eigenvalue weighted by molar-refractivity contribution is 7.89. The number of carbonyl (C=O) groups is 1. The minimum Gasteiger partial charge on any atom is -0.356 e. The first kappa shape index (κ1) is 14.4. The van der Waals surface area contributed by atoms with E-state index in [0.717, 1.165) is 0 Å². The molecule has 0 saturated heterocycles. The molecule has 6 heteroatoms. The molecule has 3 N–H and O–H groups in total. The van der Waals surface area contributed by atoms with Crippen LogP contribution in [0.3, 0.4) is 0 Å². The molecule has 90 valence electrons. The quantitative estimate of drug-likeness (QED) is 0.640. The van der Waals surface area contributed by atoms with Gasteiger partial charge in [0.15, 0.2) is 0 Å². The summed E-state index contributed by atoms with van der Waals surface area (Å²) >= 11 is 0. The lowest BCUT2D eigenvalue weighted by atomic mass is 9.97. The summed E-state index contributed by atoms with van der Waals surface area (Å²) in [6.07, 6.45) is 0.357. The van der Waals surface area contributed by atoms with Crippen molar-refractivity contribution in [2.24, 2.45) is 17.0 Å². The van der Waals surface area contributed by atoms with Crippen molar-refractivity contribution in [3.63, 3.8) is 0 Å². The topological polar surface area (TPSA) is 89.3 Å². The van der Waals surface area contributed by atoms with Crippen LogP contribution in [0.15, 0.2) is 0 Å². The van der Waals surface area contributed by atoms with E-state index in [9.17, 15) is 13.2 Å². The van der Waals surface area contributed by atoms with Gasteiger partial charge in [0, 0.05) is 12.5 Å². The molecule has 1 amide bonds. The summed E-state index contributed by atoms with van der Waals surface area (Å²) in [5, 5.41) is 7.50. The maximum absolute atomic E-state index is 11.4. The van der Waals surface area contributed by atoms with Crippen molar-refractivity contribution in [2.45, 2.75) is 27.2 Å². The third-order valence-corrected chi connectivity index (χ3v) is 3.18. The van der Waals surface area contributed by atoms with E-state index in [-0.39, 0.29) is 23.5 Å². The number of amides is 1. The smallest absolute Gasteiger partial charge is 0.223 e. The molecule has 0 rings (SSSR count). The normalized spacial score (nSPS) is 13.9. The SMILES string of the molecule is CC(C)C(C)C(=O)NCCCS(N)(=O)=O. The zero-order valence-corrected chi connectivity index (χ0v) is 10.3. The Balaban J connectivity index is 3.74. The molecule has 0 bridgehead atoms. The van der Waals surface area contributed by atoms with Crippen LogP contribution in [0.5, 0.6) is 0 Å². The number of nitrogens with one attached hydrogen (secondary N) is 1. The summed E-state index contributed by atoms with van der Waals surface area (Å²) in [7, 11) is -3.41. The van der Waals surface area contributed by atoms with Gasteiger partial charge in [0.05, 0.1) is 5.75 Å². The van der Waals surface area contributed by atoms with Crippen molar-refractivity contribution in [3.05, 3.63) is 0 Å². The predicted molar refractivity (Wildman–Crippen MR) is 59.6 cm³/mol. The van der Waals surface area contributed by atoms with E-state index in [1.54, 1.807) is 0 Å². The van der Waals surface area contributed by atoms with Gasteiger partial charge >= 0.3 is 0 Å². The van der Waals surface area contributed by atoms with Gasteiger partial charge in [-0.15, -0.1) is 0 Å². The van der Waals surface area contributed by atoms with Crippen molar-refractivity contribution >= 4 is 15.9 Å². The molecule has 0 aromatic rings. The minimum atomic E-state index is -3.41. The Morgan fingerprint density at radius 3 is 2.27 bits per heavy atom. The molecule has 0 fully saturated rings. The molecule has 0 aromatic carbocycles. The van der Waals surface area contributed by atoms with Gasteiger partial charge in [-0.2, -0.15) is 0 Å². The number of hydrogen-bond donors (Lipinski definition) is 2. The second kappa shape index (κ2) is 6.07. The number of hydrogen-bond acceptors (Lipinski definition) is 3. The average Bonchev–Trinajstić information content (AvgIpc) is 2.09. The first-order chi connectivity index (χ1) is 6.74. The average molecular weight is 236 g/mol. The van der Waals surface area contributed by atoms with Gasteiger partial charge < -0.3 is 5.32 Å². The minimum absolute atomic E-state index is 0.0422. The maximum atomic E-state index is 11.4. The number of carbonyl (C=O) groups excluding carboxylic acids is 1. The van der Waals surface area contributed by atoms with E-state index in [2.05, 4.69) is 5.32 Å². The van der Waals surface area contributed by atoms with Crippen LogP contribution in [0.2, 0.25) is 0 Å². The van der Waals surface area contributed by atoms with Crippen LogP contribution < -0.4 is 10.5 Å². The Labute approximate surface area is 91.5 Å². The van der Waals surface area contributed by atoms with Gasteiger partial charge in [-0.3, -0.25) is 4.79 Å². The fourth-order valence-electron chi connectivity index (χ4n) is 0.949. The zero-order valence-electron chi connectivity index (χ0n) is 9.49. The molecule has 0 aliphatic heterocycles. The van der Waals surface area contributed by atoms with Crippen LogP contribution in [0.4, 0.5) is 0 Å². The summed E-state index contributed by atoms with van der Waals surface area (Å²) in [6, 6.07) is 0. The van der Waals surface area contributed by atoms with Crippen LogP contribution in [0.25, 0.3) is 0 Å². The molecule has 0 spiro atoms. The van der Waals surface area contributed by atoms with E-state index >= 15 is 0 Å². The fourth-order valence-corrected chi connectivity index (χ4v) is 1.50. The first-order valence-electron chi connectivity index (χ1n) is 5.02. The van der Waals surface area contributed by atoms with E-state index < -0.39 is 10.0 Å². The van der Waals surface area contributed by atoms with Crippen LogP contribution in [-0.4, -0.2) is 26.6 Å². The molecular formula is C9H20N2O3S. The molecule has 15 heavy (non-hydrogen) atoms. The van der Waals surface area contributed by atoms with Gasteiger partial charge in [-0.05, 0) is 12.3 Å². The molecule has 0 saturated carbocycles. The van der Waals surface area contributed by atoms with Crippen molar-refractivity contribution in [1.82, 2.24) is 5.32 Å². The molecule has 0 aliphatic carbocycles. The lowest BCUT2D eigenvalue weighted by Crippen LogP contribution is -2.33. The second-order valence-electron chi connectivity index (χ2n) is 4.04. The number of sulfonamides is 1. The standard InChI is InChI=1S/C9H20N2O3S/c1-7(2)8(3)9(12)11-5-4-6-15(10,13)14/h7-8H,4-6H2,1-3H3,(H,11,12)(H2,10,13,14). The monoisotopic (exact) mass is 236 g/mol. The van der Waals surface area contributed by atoms with E-state index in [0.29, 0.717) is 13.0 Å². The Morgan fingerprint density at radius 2 is 1.87 bits per heavy atom. The summed E-state index contributed by atoms with van der Waals surface area (Å²) in [6.45, 7) is 6.13. The Hall–Kier alpha value is -0.620. The highest BCUT2D eigenvalue weighted by atomic mass is 32.2. The van der Waals surface area contributed by atoms with Gasteiger partial charge in [0.25, 0.3) is 0 Å². The van der Waals surface area contributed by atoms with Gasteiger partial charge in [0.2, 0.25) is 15.9 Å². The van der Waals surface area contributed by atoms with E-state index in [1.165, 1.54) is 0 Å². The predicted octanol–water partition coefficient (Wildman–Crippen LogP) is 0.0733. The highest BCUT2D eigenvalue weighted by Gasteiger charge is 2.15. The summed E-state index contributed by atoms with van der Waals surface area (Å²) < 4.78 is 21.2. The van der Waals surface area contributed by atoms with Gasteiger partial charge in [-0.1, -0.05) is 20.8 Å². The molecule has 5 nitrogen and oxygen atoms in total. The summed E-state index contributed by atoms with van der Waals surface area (Å²) in [5.74, 6) is 0.0886. The first-order valence-corrected chi connectivity index (χ1v) is 6.73. The van der Waals surface area contributed by atoms with Gasteiger partial charge in [-0.25, -0.2) is 13.6 Å². The highest BCUT2D eigenvalue weighted by Crippen LogP contribution is 2.08. The molecule has 1 unspecified atom stereocenters. The second-order valence-corrected chi connectivity index (χ2v) is 5.78. The van der Waals surface area contributed by atoms with E-state index in [4.69, 9.17) is 5.14 Å². The lowest BCUT2D eigenvalue weighted by Gasteiger charge is -2.14. The van der Waals surface area contributed by atoms with Crippen molar-refractivity contribution < 1.29 is 13.2 Å². The molecule has 0 heterocycles. The van der Waals surface area contributed by atoms with Crippen LogP contribution in [0, 0.1) is 11.8 Å². The Kier molecular flexibility index (Phi) is 5.82. The number of primary sulfonamides is 1. The largest absolute Gasteiger partial charge is 0.356 e. The van der Waals surface area contributed by atoms with Gasteiger partial charge in [0.1, 0.15) is 0 Å².